The van der Waals surface area contributed by atoms with Crippen LogP contribution in [0.2, 0.25) is 5.02 Å². The van der Waals surface area contributed by atoms with Crippen LogP contribution >= 0.6 is 11.6 Å². The summed E-state index contributed by atoms with van der Waals surface area (Å²) in [6.45, 7) is 0. The second kappa shape index (κ2) is 6.96. The van der Waals surface area contributed by atoms with E-state index in [1.807, 2.05) is 0 Å². The Kier molecular flexibility index (Phi) is 4.73. The van der Waals surface area contributed by atoms with E-state index in [9.17, 15) is 13.2 Å². The third kappa shape index (κ3) is 4.17. The molecule has 0 saturated carbocycles. The van der Waals surface area contributed by atoms with Crippen molar-refractivity contribution in [2.45, 2.75) is 4.90 Å². The first-order chi connectivity index (χ1) is 11.9. The molecule has 1 aromatic heterocycles. The number of carbonyl (C=O) groups is 1. The van der Waals surface area contributed by atoms with E-state index in [2.05, 4.69) is 20.2 Å². The van der Waals surface area contributed by atoms with Gasteiger partial charge in [-0.25, -0.2) is 8.42 Å². The van der Waals surface area contributed by atoms with Crippen LogP contribution in [0.5, 0.6) is 0 Å². The maximum Gasteiger partial charge on any atom is 0.261 e. The highest BCUT2D eigenvalue weighted by Gasteiger charge is 2.17. The van der Waals surface area contributed by atoms with E-state index in [1.165, 1.54) is 42.7 Å². The van der Waals surface area contributed by atoms with E-state index in [-0.39, 0.29) is 10.5 Å². The van der Waals surface area contributed by atoms with E-state index in [0.29, 0.717) is 16.4 Å². The number of hydrogen-bond acceptors (Lipinski definition) is 4. The van der Waals surface area contributed by atoms with Crippen molar-refractivity contribution in [1.29, 1.82) is 0 Å². The summed E-state index contributed by atoms with van der Waals surface area (Å²) < 4.78 is 27.4. The summed E-state index contributed by atoms with van der Waals surface area (Å²) in [7, 11) is -3.86. The van der Waals surface area contributed by atoms with Crippen molar-refractivity contribution in [2.24, 2.45) is 0 Å². The van der Waals surface area contributed by atoms with Gasteiger partial charge >= 0.3 is 0 Å². The summed E-state index contributed by atoms with van der Waals surface area (Å²) in [5.74, 6) is -0.443. The molecule has 0 aliphatic carbocycles. The molecule has 9 heteroatoms. The molecule has 3 N–H and O–H groups in total. The van der Waals surface area contributed by atoms with E-state index in [0.717, 1.165) is 0 Å². The molecule has 0 aliphatic heterocycles. The molecule has 128 valence electrons. The Morgan fingerprint density at radius 1 is 1.08 bits per heavy atom. The average Bonchev–Trinajstić information content (AvgIpc) is 3.07. The molecule has 3 rings (SSSR count). The lowest BCUT2D eigenvalue weighted by Crippen LogP contribution is -2.15. The Bertz CT molecular complexity index is 1000. The number of nitrogens with one attached hydrogen (secondary N) is 3. The first kappa shape index (κ1) is 17.0. The summed E-state index contributed by atoms with van der Waals surface area (Å²) in [6, 6.07) is 12.1. The molecule has 0 atom stereocenters. The fourth-order valence-corrected chi connectivity index (χ4v) is 3.38. The quantitative estimate of drug-likeness (QED) is 0.636. The lowest BCUT2D eigenvalue weighted by atomic mass is 10.2. The molecule has 0 unspecified atom stereocenters. The molecule has 0 bridgehead atoms. The van der Waals surface area contributed by atoms with Gasteiger partial charge in [0.1, 0.15) is 0 Å². The van der Waals surface area contributed by atoms with Gasteiger partial charge in [-0.1, -0.05) is 23.7 Å². The minimum atomic E-state index is -3.86. The largest absolute Gasteiger partial charge is 0.319 e. The Morgan fingerprint density at radius 3 is 2.60 bits per heavy atom. The van der Waals surface area contributed by atoms with Crippen LogP contribution in [0, 0.1) is 0 Å². The van der Waals surface area contributed by atoms with Gasteiger partial charge in [0.15, 0.2) is 0 Å². The predicted molar refractivity (Wildman–Crippen MR) is 95.2 cm³/mol. The molecule has 0 radical (unpaired) electrons. The summed E-state index contributed by atoms with van der Waals surface area (Å²) in [6.07, 6.45) is 2.96. The molecule has 1 amide bonds. The second-order valence-corrected chi connectivity index (χ2v) is 7.20. The molecule has 0 aliphatic rings. The maximum atomic E-state index is 12.5. The number of sulfonamides is 1. The minimum absolute atomic E-state index is 0.0349. The lowest BCUT2D eigenvalue weighted by molar-refractivity contribution is 0.102. The molecule has 7 nitrogen and oxygen atoms in total. The van der Waals surface area contributed by atoms with Crippen molar-refractivity contribution in [2.75, 3.05) is 10.0 Å². The third-order valence-electron chi connectivity index (χ3n) is 3.24. The third-order valence-corrected chi connectivity index (χ3v) is 4.85. The van der Waals surface area contributed by atoms with Crippen molar-refractivity contribution in [3.8, 4) is 0 Å². The zero-order valence-electron chi connectivity index (χ0n) is 12.7. The average molecular weight is 377 g/mol. The van der Waals surface area contributed by atoms with Gasteiger partial charge in [0.05, 0.1) is 22.5 Å². The van der Waals surface area contributed by atoms with Gasteiger partial charge in [0, 0.05) is 16.8 Å². The number of aromatic amines is 1. The smallest absolute Gasteiger partial charge is 0.261 e. The Balaban J connectivity index is 1.83. The first-order valence-electron chi connectivity index (χ1n) is 7.13. The van der Waals surface area contributed by atoms with Gasteiger partial charge < -0.3 is 5.32 Å². The summed E-state index contributed by atoms with van der Waals surface area (Å²) in [5, 5.41) is 9.32. The van der Waals surface area contributed by atoms with Gasteiger partial charge in [-0.05, 0) is 36.4 Å². The number of amides is 1. The van der Waals surface area contributed by atoms with Gasteiger partial charge in [-0.2, -0.15) is 5.10 Å². The van der Waals surface area contributed by atoms with Gasteiger partial charge in [-0.3, -0.25) is 14.6 Å². The minimum Gasteiger partial charge on any atom is -0.319 e. The van der Waals surface area contributed by atoms with Crippen LogP contribution in [0.25, 0.3) is 0 Å². The molecule has 2 aromatic carbocycles. The number of rotatable bonds is 5. The normalized spacial score (nSPS) is 11.1. The molecule has 1 heterocycles. The maximum absolute atomic E-state index is 12.5. The van der Waals surface area contributed by atoms with Crippen molar-refractivity contribution in [3.05, 3.63) is 71.5 Å². The van der Waals surface area contributed by atoms with E-state index >= 15 is 0 Å². The Labute approximate surface area is 149 Å². The summed E-state index contributed by atoms with van der Waals surface area (Å²) in [5.41, 5.74) is 1.02. The molecule has 0 fully saturated rings. The molecule has 25 heavy (non-hydrogen) atoms. The van der Waals surface area contributed by atoms with Crippen molar-refractivity contribution in [3.63, 3.8) is 0 Å². The van der Waals surface area contributed by atoms with Gasteiger partial charge in [0.2, 0.25) is 0 Å². The number of anilines is 2. The monoisotopic (exact) mass is 376 g/mol. The van der Waals surface area contributed by atoms with Crippen LogP contribution in [0.15, 0.2) is 65.8 Å². The molecule has 0 saturated heterocycles. The van der Waals surface area contributed by atoms with E-state index in [1.54, 1.807) is 18.2 Å². The van der Waals surface area contributed by atoms with Crippen molar-refractivity contribution < 1.29 is 13.2 Å². The van der Waals surface area contributed by atoms with Crippen LogP contribution in [0.3, 0.4) is 0 Å². The first-order valence-corrected chi connectivity index (χ1v) is 8.99. The SMILES string of the molecule is O=C(Nc1cn[nH]c1)c1cccc(S(=O)(=O)Nc2cccc(Cl)c2)c1. The number of aromatic nitrogens is 2. The standard InChI is InChI=1S/C16H13ClN4O3S/c17-12-4-2-5-13(8-12)21-25(23,24)15-6-1-3-11(7-15)16(22)20-14-9-18-19-10-14/h1-10,21H,(H,18,19)(H,20,22). The zero-order chi connectivity index (χ0) is 17.9. The van der Waals surface area contributed by atoms with E-state index < -0.39 is 15.9 Å². The fraction of sp³-hybridized carbons (Fsp3) is 0. The zero-order valence-corrected chi connectivity index (χ0v) is 14.3. The predicted octanol–water partition coefficient (Wildman–Crippen LogP) is 3.12. The van der Waals surface area contributed by atoms with Crippen molar-refractivity contribution in [1.82, 2.24) is 10.2 Å². The van der Waals surface area contributed by atoms with Crippen LogP contribution < -0.4 is 10.0 Å². The molecular weight excluding hydrogens is 364 g/mol. The number of benzene rings is 2. The highest BCUT2D eigenvalue weighted by molar-refractivity contribution is 7.92. The highest BCUT2D eigenvalue weighted by Crippen LogP contribution is 2.20. The van der Waals surface area contributed by atoms with Gasteiger partial charge in [-0.15, -0.1) is 0 Å². The number of carbonyl (C=O) groups excluding carboxylic acids is 1. The van der Waals surface area contributed by atoms with Crippen molar-refractivity contribution >= 4 is 38.9 Å². The number of hydrogen-bond donors (Lipinski definition) is 3. The Hall–Kier alpha value is -2.84. The number of halogens is 1. The molecule has 3 aromatic rings. The number of H-pyrrole nitrogens is 1. The van der Waals surface area contributed by atoms with Crippen LogP contribution in [-0.2, 0) is 10.0 Å². The summed E-state index contributed by atoms with van der Waals surface area (Å²) in [4.78, 5) is 12.2. The number of nitrogens with zero attached hydrogens (tertiary/aromatic N) is 1. The van der Waals surface area contributed by atoms with Crippen LogP contribution in [0.1, 0.15) is 10.4 Å². The van der Waals surface area contributed by atoms with Crippen LogP contribution in [0.4, 0.5) is 11.4 Å². The Morgan fingerprint density at radius 2 is 1.88 bits per heavy atom. The van der Waals surface area contributed by atoms with Crippen LogP contribution in [-0.4, -0.2) is 24.5 Å². The lowest BCUT2D eigenvalue weighted by Gasteiger charge is -2.09. The van der Waals surface area contributed by atoms with Gasteiger partial charge in [0.25, 0.3) is 15.9 Å². The second-order valence-electron chi connectivity index (χ2n) is 5.08. The molecule has 0 spiro atoms. The highest BCUT2D eigenvalue weighted by atomic mass is 35.5. The summed E-state index contributed by atoms with van der Waals surface area (Å²) >= 11 is 5.86. The topological polar surface area (TPSA) is 104 Å². The fourth-order valence-electron chi connectivity index (χ4n) is 2.09. The van der Waals surface area contributed by atoms with E-state index in [4.69, 9.17) is 11.6 Å². The molecular formula is C16H13ClN4O3S.